The normalized spacial score (nSPS) is 11.1. The van der Waals surface area contributed by atoms with Crippen LogP contribution in [0.25, 0.3) is 0 Å². The molecule has 0 saturated carbocycles. The molecule has 2 aromatic rings. The summed E-state index contributed by atoms with van der Waals surface area (Å²) in [6.07, 6.45) is 0. The van der Waals surface area contributed by atoms with Gasteiger partial charge in [-0.05, 0) is 49.7 Å². The van der Waals surface area contributed by atoms with E-state index in [2.05, 4.69) is 5.16 Å². The zero-order valence-electron chi connectivity index (χ0n) is 14.5. The second-order valence-corrected chi connectivity index (χ2v) is 5.26. The minimum Gasteiger partial charge on any atom is -0.504 e. The molecule has 2 aromatic carbocycles. The van der Waals surface area contributed by atoms with Gasteiger partial charge in [0.05, 0.1) is 25.0 Å². The number of carbonyl (C=O) groups excluding carboxylic acids is 1. The number of oxime groups is 1. The van der Waals surface area contributed by atoms with E-state index in [-0.39, 0.29) is 18.3 Å². The lowest BCUT2D eigenvalue weighted by Crippen LogP contribution is -2.05. The number of carbonyl (C=O) groups is 1. The first kappa shape index (κ1) is 18.3. The quantitative estimate of drug-likeness (QED) is 0.473. The fourth-order valence-electron chi connectivity index (χ4n) is 2.16. The molecule has 0 amide bonds. The molecular formula is C19H21NO5. The lowest BCUT2D eigenvalue weighted by molar-refractivity contribution is 0.0526. The molecular weight excluding hydrogens is 322 g/mol. The maximum absolute atomic E-state index is 11.7. The van der Waals surface area contributed by atoms with Crippen molar-refractivity contribution in [1.29, 1.82) is 0 Å². The number of rotatable bonds is 7. The minimum atomic E-state index is -0.361. The van der Waals surface area contributed by atoms with Gasteiger partial charge in [-0.3, -0.25) is 0 Å². The number of hydrogen-bond donors (Lipinski definition) is 1. The molecule has 6 heteroatoms. The van der Waals surface area contributed by atoms with Gasteiger partial charge in [0.15, 0.2) is 11.5 Å². The maximum Gasteiger partial charge on any atom is 0.338 e. The highest BCUT2D eigenvalue weighted by molar-refractivity contribution is 5.98. The first-order valence-corrected chi connectivity index (χ1v) is 7.85. The van der Waals surface area contributed by atoms with Gasteiger partial charge in [0.1, 0.15) is 6.61 Å². The Morgan fingerprint density at radius 2 is 1.96 bits per heavy atom. The van der Waals surface area contributed by atoms with Crippen LogP contribution in [0, 0.1) is 0 Å². The molecule has 0 fully saturated rings. The topological polar surface area (TPSA) is 77.4 Å². The molecule has 132 valence electrons. The Kier molecular flexibility index (Phi) is 6.39. The lowest BCUT2D eigenvalue weighted by atomic mass is 10.1. The van der Waals surface area contributed by atoms with E-state index < -0.39 is 0 Å². The third-order valence-electron chi connectivity index (χ3n) is 3.47. The van der Waals surface area contributed by atoms with Crippen LogP contribution in [-0.4, -0.2) is 30.5 Å². The summed E-state index contributed by atoms with van der Waals surface area (Å²) in [5.41, 5.74) is 2.70. The van der Waals surface area contributed by atoms with Crippen molar-refractivity contribution >= 4 is 11.7 Å². The molecule has 0 aromatic heterocycles. The van der Waals surface area contributed by atoms with E-state index in [1.54, 1.807) is 44.2 Å². The Morgan fingerprint density at radius 3 is 2.68 bits per heavy atom. The van der Waals surface area contributed by atoms with Gasteiger partial charge in [0.25, 0.3) is 0 Å². The monoisotopic (exact) mass is 343 g/mol. The fraction of sp³-hybridized carbons (Fsp3) is 0.263. The van der Waals surface area contributed by atoms with Gasteiger partial charge in [-0.2, -0.15) is 0 Å². The molecule has 0 bridgehead atoms. The van der Waals surface area contributed by atoms with Gasteiger partial charge < -0.3 is 19.4 Å². The first-order valence-electron chi connectivity index (χ1n) is 7.85. The van der Waals surface area contributed by atoms with E-state index in [0.717, 1.165) is 11.1 Å². The zero-order valence-corrected chi connectivity index (χ0v) is 14.5. The summed E-state index contributed by atoms with van der Waals surface area (Å²) >= 11 is 0. The van der Waals surface area contributed by atoms with E-state index in [1.165, 1.54) is 13.2 Å². The molecule has 25 heavy (non-hydrogen) atoms. The predicted molar refractivity (Wildman–Crippen MR) is 94.1 cm³/mol. The summed E-state index contributed by atoms with van der Waals surface area (Å²) in [7, 11) is 1.48. The molecule has 0 heterocycles. The van der Waals surface area contributed by atoms with Crippen molar-refractivity contribution in [3.8, 4) is 11.5 Å². The Balaban J connectivity index is 2.03. The van der Waals surface area contributed by atoms with Gasteiger partial charge >= 0.3 is 5.97 Å². The number of benzene rings is 2. The summed E-state index contributed by atoms with van der Waals surface area (Å²) < 4.78 is 10.1. The maximum atomic E-state index is 11.7. The Labute approximate surface area is 146 Å². The van der Waals surface area contributed by atoms with Crippen molar-refractivity contribution in [3.63, 3.8) is 0 Å². The molecule has 0 aliphatic heterocycles. The number of esters is 1. The third-order valence-corrected chi connectivity index (χ3v) is 3.47. The van der Waals surface area contributed by atoms with E-state index in [9.17, 15) is 9.90 Å². The minimum absolute atomic E-state index is 0.0655. The number of hydrogen-bond acceptors (Lipinski definition) is 6. The van der Waals surface area contributed by atoms with Gasteiger partial charge in [-0.25, -0.2) is 4.79 Å². The predicted octanol–water partition coefficient (Wildman–Crippen LogP) is 3.52. The molecule has 0 aliphatic carbocycles. The van der Waals surface area contributed by atoms with Crippen molar-refractivity contribution in [3.05, 3.63) is 59.2 Å². The second kappa shape index (κ2) is 8.73. The summed E-state index contributed by atoms with van der Waals surface area (Å²) in [4.78, 5) is 17.1. The van der Waals surface area contributed by atoms with Gasteiger partial charge in [0, 0.05) is 5.56 Å². The number of ether oxygens (including phenoxy) is 2. The van der Waals surface area contributed by atoms with Crippen LogP contribution in [0.5, 0.6) is 11.5 Å². The molecule has 1 N–H and O–H groups in total. The molecule has 0 spiro atoms. The smallest absolute Gasteiger partial charge is 0.338 e. The van der Waals surface area contributed by atoms with Crippen LogP contribution in [0.3, 0.4) is 0 Å². The highest BCUT2D eigenvalue weighted by Gasteiger charge is 2.08. The zero-order chi connectivity index (χ0) is 18.2. The van der Waals surface area contributed by atoms with E-state index in [1.807, 2.05) is 6.07 Å². The SMILES string of the molecule is CCOC(=O)c1cccc(CO/N=C(\C)c2ccc(O)c(OC)c2)c1. The van der Waals surface area contributed by atoms with Gasteiger partial charge in [-0.1, -0.05) is 17.3 Å². The van der Waals surface area contributed by atoms with E-state index in [4.69, 9.17) is 14.3 Å². The highest BCUT2D eigenvalue weighted by Crippen LogP contribution is 2.26. The van der Waals surface area contributed by atoms with Crippen molar-refractivity contribution in [2.24, 2.45) is 5.16 Å². The summed E-state index contributed by atoms with van der Waals surface area (Å²) in [5, 5.41) is 13.7. The van der Waals surface area contributed by atoms with Crippen LogP contribution in [0.2, 0.25) is 0 Å². The third kappa shape index (κ3) is 4.97. The highest BCUT2D eigenvalue weighted by atomic mass is 16.6. The standard InChI is InChI=1S/C19H21NO5/c1-4-24-19(22)16-7-5-6-14(10-16)12-25-20-13(2)15-8-9-17(21)18(11-15)23-3/h5-11,21H,4,12H2,1-3H3/b20-13+. The van der Waals surface area contributed by atoms with Crippen molar-refractivity contribution in [2.75, 3.05) is 13.7 Å². The summed E-state index contributed by atoms with van der Waals surface area (Å²) in [6, 6.07) is 12.0. The van der Waals surface area contributed by atoms with Crippen LogP contribution in [0.1, 0.15) is 35.3 Å². The van der Waals surface area contributed by atoms with Crippen molar-refractivity contribution in [1.82, 2.24) is 0 Å². The van der Waals surface area contributed by atoms with Crippen LogP contribution < -0.4 is 4.74 Å². The second-order valence-electron chi connectivity index (χ2n) is 5.26. The average molecular weight is 343 g/mol. The number of phenolic OH excluding ortho intramolecular Hbond substituents is 1. The van der Waals surface area contributed by atoms with Gasteiger partial charge in [0.2, 0.25) is 0 Å². The largest absolute Gasteiger partial charge is 0.504 e. The van der Waals surface area contributed by atoms with Gasteiger partial charge in [-0.15, -0.1) is 0 Å². The first-order chi connectivity index (χ1) is 12.0. The Bertz CT molecular complexity index is 770. The number of nitrogens with zero attached hydrogens (tertiary/aromatic N) is 1. The van der Waals surface area contributed by atoms with Crippen LogP contribution >= 0.6 is 0 Å². The number of phenols is 1. The van der Waals surface area contributed by atoms with E-state index >= 15 is 0 Å². The molecule has 2 rings (SSSR count). The Morgan fingerprint density at radius 1 is 1.16 bits per heavy atom. The summed E-state index contributed by atoms with van der Waals surface area (Å²) in [5.74, 6) is 0.0742. The Hall–Kier alpha value is -3.02. The van der Waals surface area contributed by atoms with Crippen molar-refractivity contribution < 1.29 is 24.2 Å². The average Bonchev–Trinajstić information content (AvgIpc) is 2.62. The molecule has 0 atom stereocenters. The summed E-state index contributed by atoms with van der Waals surface area (Å²) in [6.45, 7) is 4.11. The van der Waals surface area contributed by atoms with Crippen LogP contribution in [-0.2, 0) is 16.2 Å². The molecule has 6 nitrogen and oxygen atoms in total. The molecule has 0 unspecified atom stereocenters. The number of methoxy groups -OCH3 is 1. The number of aromatic hydroxyl groups is 1. The fourth-order valence-corrected chi connectivity index (χ4v) is 2.16. The van der Waals surface area contributed by atoms with Crippen LogP contribution in [0.4, 0.5) is 0 Å². The van der Waals surface area contributed by atoms with E-state index in [0.29, 0.717) is 23.6 Å². The van der Waals surface area contributed by atoms with Crippen molar-refractivity contribution in [2.45, 2.75) is 20.5 Å². The molecule has 0 saturated heterocycles. The van der Waals surface area contributed by atoms with Crippen LogP contribution in [0.15, 0.2) is 47.6 Å². The molecule has 0 aliphatic rings. The molecule has 0 radical (unpaired) electrons. The lowest BCUT2D eigenvalue weighted by Gasteiger charge is -2.07.